The molecule has 0 unspecified atom stereocenters. The van der Waals surface area contributed by atoms with Gasteiger partial charge in [0.2, 0.25) is 5.95 Å². The van der Waals surface area contributed by atoms with Gasteiger partial charge in [-0.05, 0) is 18.6 Å². The number of esters is 1. The van der Waals surface area contributed by atoms with Crippen LogP contribution in [0.4, 0.5) is 5.95 Å². The number of ether oxygens (including phenoxy) is 1. The molecule has 1 aromatic heterocycles. The SMILES string of the molecule is CCOC(=O)C1=C(c2ccccc2)Nc2ncnn2[C@H]1c1ccccc1Cl. The van der Waals surface area contributed by atoms with Gasteiger partial charge in [-0.1, -0.05) is 60.1 Å². The van der Waals surface area contributed by atoms with Crippen molar-refractivity contribution in [1.82, 2.24) is 14.8 Å². The smallest absolute Gasteiger partial charge is 0.338 e. The monoisotopic (exact) mass is 380 g/mol. The number of benzene rings is 2. The lowest BCUT2D eigenvalue weighted by atomic mass is 9.93. The van der Waals surface area contributed by atoms with E-state index in [1.54, 1.807) is 17.7 Å². The number of nitrogens with zero attached hydrogens (tertiary/aromatic N) is 3. The summed E-state index contributed by atoms with van der Waals surface area (Å²) in [4.78, 5) is 17.3. The Morgan fingerprint density at radius 1 is 1.19 bits per heavy atom. The fourth-order valence-corrected chi connectivity index (χ4v) is 3.44. The quantitative estimate of drug-likeness (QED) is 0.695. The molecule has 27 heavy (non-hydrogen) atoms. The molecule has 1 atom stereocenters. The van der Waals surface area contributed by atoms with E-state index in [2.05, 4.69) is 15.4 Å². The first-order valence-corrected chi connectivity index (χ1v) is 8.96. The Morgan fingerprint density at radius 2 is 1.93 bits per heavy atom. The second kappa shape index (κ2) is 7.25. The summed E-state index contributed by atoms with van der Waals surface area (Å²) in [6.45, 7) is 2.05. The molecule has 0 bridgehead atoms. The van der Waals surface area contributed by atoms with E-state index in [-0.39, 0.29) is 6.61 Å². The third kappa shape index (κ3) is 3.08. The zero-order valence-electron chi connectivity index (χ0n) is 14.6. The molecule has 6 nitrogen and oxygen atoms in total. The molecule has 1 aliphatic heterocycles. The van der Waals surface area contributed by atoms with E-state index in [0.717, 1.165) is 11.1 Å². The summed E-state index contributed by atoms with van der Waals surface area (Å²) in [7, 11) is 0. The summed E-state index contributed by atoms with van der Waals surface area (Å²) >= 11 is 6.48. The Balaban J connectivity index is 1.99. The van der Waals surface area contributed by atoms with Gasteiger partial charge in [0.05, 0.1) is 17.9 Å². The van der Waals surface area contributed by atoms with Crippen molar-refractivity contribution in [1.29, 1.82) is 0 Å². The molecular formula is C20H17ClN4O2. The van der Waals surface area contributed by atoms with Gasteiger partial charge in [0.15, 0.2) is 0 Å². The number of hydrogen-bond acceptors (Lipinski definition) is 5. The van der Waals surface area contributed by atoms with Gasteiger partial charge in [0.1, 0.15) is 12.4 Å². The van der Waals surface area contributed by atoms with Crippen LogP contribution in [0.3, 0.4) is 0 Å². The maximum atomic E-state index is 13.0. The number of hydrogen-bond donors (Lipinski definition) is 1. The highest BCUT2D eigenvalue weighted by atomic mass is 35.5. The van der Waals surface area contributed by atoms with E-state index in [9.17, 15) is 4.79 Å². The lowest BCUT2D eigenvalue weighted by Crippen LogP contribution is -2.30. The second-order valence-electron chi connectivity index (χ2n) is 5.95. The summed E-state index contributed by atoms with van der Waals surface area (Å²) in [5, 5.41) is 8.09. The van der Waals surface area contributed by atoms with Crippen LogP contribution in [0.2, 0.25) is 5.02 Å². The van der Waals surface area contributed by atoms with Crippen LogP contribution in [0, 0.1) is 0 Å². The number of anilines is 1. The number of fused-ring (bicyclic) bond motifs is 1. The second-order valence-corrected chi connectivity index (χ2v) is 6.36. The molecule has 3 aromatic rings. The van der Waals surface area contributed by atoms with Crippen molar-refractivity contribution < 1.29 is 9.53 Å². The minimum atomic E-state index is -0.549. The Hall–Kier alpha value is -3.12. The Kier molecular flexibility index (Phi) is 4.64. The lowest BCUT2D eigenvalue weighted by Gasteiger charge is -2.30. The third-order valence-electron chi connectivity index (χ3n) is 4.35. The summed E-state index contributed by atoms with van der Waals surface area (Å²) in [6, 6.07) is 16.5. The average Bonchev–Trinajstić information content (AvgIpc) is 3.16. The molecule has 0 saturated heterocycles. The van der Waals surface area contributed by atoms with Gasteiger partial charge in [-0.25, -0.2) is 9.48 Å². The van der Waals surface area contributed by atoms with Gasteiger partial charge in [-0.2, -0.15) is 10.1 Å². The van der Waals surface area contributed by atoms with Gasteiger partial charge in [0.25, 0.3) is 0 Å². The van der Waals surface area contributed by atoms with E-state index in [0.29, 0.717) is 22.2 Å². The molecule has 0 aliphatic carbocycles. The molecule has 0 amide bonds. The van der Waals surface area contributed by atoms with Crippen LogP contribution in [0.25, 0.3) is 5.70 Å². The highest BCUT2D eigenvalue weighted by molar-refractivity contribution is 6.31. The Labute approximate surface area is 161 Å². The molecule has 2 heterocycles. The standard InChI is InChI=1S/C20H17ClN4O2/c1-2-27-19(26)16-17(13-8-4-3-5-9-13)24-20-22-12-23-25(20)18(16)14-10-6-7-11-15(14)21/h3-12,18H,2H2,1H3,(H,22,23,24)/t18-/m0/s1. The van der Waals surface area contributed by atoms with Crippen LogP contribution in [-0.2, 0) is 9.53 Å². The van der Waals surface area contributed by atoms with Crippen LogP contribution in [-0.4, -0.2) is 27.3 Å². The van der Waals surface area contributed by atoms with Gasteiger partial charge < -0.3 is 10.1 Å². The molecule has 0 fully saturated rings. The number of rotatable bonds is 4. The minimum Gasteiger partial charge on any atom is -0.463 e. The molecule has 1 N–H and O–H groups in total. The average molecular weight is 381 g/mol. The summed E-state index contributed by atoms with van der Waals surface area (Å²) in [5.74, 6) is 0.113. The summed E-state index contributed by atoms with van der Waals surface area (Å²) in [5.41, 5.74) is 2.68. The molecule has 7 heteroatoms. The summed E-state index contributed by atoms with van der Waals surface area (Å²) < 4.78 is 7.03. The van der Waals surface area contributed by atoms with E-state index >= 15 is 0 Å². The maximum Gasteiger partial charge on any atom is 0.338 e. The van der Waals surface area contributed by atoms with E-state index < -0.39 is 12.0 Å². The normalized spacial score (nSPS) is 15.9. The van der Waals surface area contributed by atoms with Crippen molar-refractivity contribution in [3.8, 4) is 0 Å². The number of halogens is 1. The molecule has 4 rings (SSSR count). The number of carbonyl (C=O) groups excluding carboxylic acids is 1. The van der Waals surface area contributed by atoms with Crippen molar-refractivity contribution in [2.45, 2.75) is 13.0 Å². The first kappa shape index (κ1) is 17.3. The van der Waals surface area contributed by atoms with Gasteiger partial charge in [-0.15, -0.1) is 0 Å². The van der Waals surface area contributed by atoms with Crippen LogP contribution >= 0.6 is 11.6 Å². The zero-order chi connectivity index (χ0) is 18.8. The molecule has 136 valence electrons. The zero-order valence-corrected chi connectivity index (χ0v) is 15.3. The van der Waals surface area contributed by atoms with Gasteiger partial charge in [-0.3, -0.25) is 0 Å². The predicted molar refractivity (Wildman–Crippen MR) is 103 cm³/mol. The van der Waals surface area contributed by atoms with Crippen molar-refractivity contribution >= 4 is 29.2 Å². The highest BCUT2D eigenvalue weighted by Gasteiger charge is 2.37. The maximum absolute atomic E-state index is 13.0. The van der Waals surface area contributed by atoms with Crippen molar-refractivity contribution in [2.24, 2.45) is 0 Å². The third-order valence-corrected chi connectivity index (χ3v) is 4.70. The fraction of sp³-hybridized carbons (Fsp3) is 0.150. The highest BCUT2D eigenvalue weighted by Crippen LogP contribution is 2.40. The Morgan fingerprint density at radius 3 is 2.67 bits per heavy atom. The molecule has 0 radical (unpaired) electrons. The topological polar surface area (TPSA) is 69.0 Å². The molecular weight excluding hydrogens is 364 g/mol. The predicted octanol–water partition coefficient (Wildman–Crippen LogP) is 3.92. The van der Waals surface area contributed by atoms with Crippen LogP contribution in [0.1, 0.15) is 24.1 Å². The van der Waals surface area contributed by atoms with Crippen LogP contribution in [0.5, 0.6) is 0 Å². The minimum absolute atomic E-state index is 0.268. The summed E-state index contributed by atoms with van der Waals surface area (Å²) in [6.07, 6.45) is 1.45. The van der Waals surface area contributed by atoms with Crippen molar-refractivity contribution in [3.05, 3.63) is 82.6 Å². The van der Waals surface area contributed by atoms with E-state index in [4.69, 9.17) is 16.3 Å². The van der Waals surface area contributed by atoms with Crippen LogP contribution < -0.4 is 5.32 Å². The Bertz CT molecular complexity index is 1010. The molecule has 2 aromatic carbocycles. The van der Waals surface area contributed by atoms with Gasteiger partial charge in [0, 0.05) is 10.6 Å². The molecule has 0 saturated carbocycles. The fourth-order valence-electron chi connectivity index (χ4n) is 3.21. The first-order valence-electron chi connectivity index (χ1n) is 8.58. The van der Waals surface area contributed by atoms with E-state index in [1.165, 1.54) is 6.33 Å². The number of aromatic nitrogens is 3. The van der Waals surface area contributed by atoms with Gasteiger partial charge >= 0.3 is 5.97 Å². The van der Waals surface area contributed by atoms with Crippen molar-refractivity contribution in [2.75, 3.05) is 11.9 Å². The molecule has 0 spiro atoms. The molecule has 1 aliphatic rings. The van der Waals surface area contributed by atoms with E-state index in [1.807, 2.05) is 48.5 Å². The van der Waals surface area contributed by atoms with Crippen LogP contribution in [0.15, 0.2) is 66.5 Å². The number of nitrogens with one attached hydrogen (secondary N) is 1. The lowest BCUT2D eigenvalue weighted by molar-refractivity contribution is -0.138. The first-order chi connectivity index (χ1) is 13.2. The number of carbonyl (C=O) groups is 1. The van der Waals surface area contributed by atoms with Crippen molar-refractivity contribution in [3.63, 3.8) is 0 Å². The largest absolute Gasteiger partial charge is 0.463 e.